The number of nitrogens with one attached hydrogen (secondary N) is 1. The first-order valence-corrected chi connectivity index (χ1v) is 8.14. The molecule has 1 aromatic rings. The molecule has 1 aliphatic rings. The van der Waals surface area contributed by atoms with Crippen LogP contribution in [0.2, 0.25) is 0 Å². The Labute approximate surface area is 143 Å². The number of piperidine rings is 1. The number of nitrogens with zero attached hydrogens (tertiary/aromatic N) is 1. The van der Waals surface area contributed by atoms with Gasteiger partial charge < -0.3 is 15.0 Å². The van der Waals surface area contributed by atoms with Gasteiger partial charge in [0.05, 0.1) is 0 Å². The van der Waals surface area contributed by atoms with Crippen molar-refractivity contribution in [1.82, 2.24) is 10.2 Å². The minimum Gasteiger partial charge on any atom is -0.444 e. The van der Waals surface area contributed by atoms with E-state index in [9.17, 15) is 9.59 Å². The monoisotopic (exact) mass is 328 g/mol. The van der Waals surface area contributed by atoms with Gasteiger partial charge in [0.1, 0.15) is 5.60 Å². The highest BCUT2D eigenvalue weighted by atomic mass is 16.6. The van der Waals surface area contributed by atoms with Crippen molar-refractivity contribution in [1.29, 1.82) is 0 Å². The molecule has 1 aromatic carbocycles. The fraction of sp³-hybridized carbons (Fsp3) is 0.474. The zero-order valence-corrected chi connectivity index (χ0v) is 14.5. The van der Waals surface area contributed by atoms with Gasteiger partial charge in [-0.3, -0.25) is 4.79 Å². The molecule has 2 rings (SSSR count). The van der Waals surface area contributed by atoms with Crippen molar-refractivity contribution in [2.75, 3.05) is 13.1 Å². The van der Waals surface area contributed by atoms with E-state index in [0.29, 0.717) is 18.7 Å². The van der Waals surface area contributed by atoms with E-state index in [4.69, 9.17) is 11.2 Å². The van der Waals surface area contributed by atoms with Gasteiger partial charge in [0.25, 0.3) is 5.91 Å². The standard InChI is InChI=1S/C19H24N2O3/c1-5-14-8-10-15(11-9-14)17(22)21-12-6-7-16(13-21)20-18(23)24-19(2,3)4/h1,8-11,16H,6-7,12-13H2,2-4H3,(H,20,23)/t16-/m0/s1. The van der Waals surface area contributed by atoms with Crippen molar-refractivity contribution in [2.24, 2.45) is 0 Å². The van der Waals surface area contributed by atoms with Crippen molar-refractivity contribution in [3.05, 3.63) is 35.4 Å². The van der Waals surface area contributed by atoms with Crippen molar-refractivity contribution in [3.8, 4) is 12.3 Å². The van der Waals surface area contributed by atoms with Crippen molar-refractivity contribution in [3.63, 3.8) is 0 Å². The van der Waals surface area contributed by atoms with Crippen molar-refractivity contribution < 1.29 is 14.3 Å². The highest BCUT2D eigenvalue weighted by Gasteiger charge is 2.27. The summed E-state index contributed by atoms with van der Waals surface area (Å²) in [4.78, 5) is 26.2. The fourth-order valence-corrected chi connectivity index (χ4v) is 2.65. The summed E-state index contributed by atoms with van der Waals surface area (Å²) in [6.45, 7) is 6.63. The number of carbonyl (C=O) groups excluding carboxylic acids is 2. The topological polar surface area (TPSA) is 58.6 Å². The second-order valence-electron chi connectivity index (χ2n) is 6.96. The zero-order valence-electron chi connectivity index (χ0n) is 14.5. The Morgan fingerprint density at radius 1 is 1.29 bits per heavy atom. The van der Waals surface area contributed by atoms with E-state index in [0.717, 1.165) is 18.4 Å². The van der Waals surface area contributed by atoms with E-state index in [1.807, 2.05) is 20.8 Å². The fourth-order valence-electron chi connectivity index (χ4n) is 2.65. The van der Waals surface area contributed by atoms with Gasteiger partial charge in [-0.1, -0.05) is 5.92 Å². The lowest BCUT2D eigenvalue weighted by Crippen LogP contribution is -2.50. The number of alkyl carbamates (subject to hydrolysis) is 1. The van der Waals surface area contributed by atoms with Gasteiger partial charge in [-0.05, 0) is 57.9 Å². The van der Waals surface area contributed by atoms with Crippen molar-refractivity contribution in [2.45, 2.75) is 45.3 Å². The molecule has 5 nitrogen and oxygen atoms in total. The van der Waals surface area contributed by atoms with Gasteiger partial charge in [-0.2, -0.15) is 0 Å². The molecule has 2 amide bonds. The summed E-state index contributed by atoms with van der Waals surface area (Å²) in [6, 6.07) is 6.90. The zero-order chi connectivity index (χ0) is 17.7. The first-order chi connectivity index (χ1) is 11.3. The number of terminal acetylenes is 1. The van der Waals surface area contributed by atoms with Gasteiger partial charge in [-0.25, -0.2) is 4.79 Å². The number of ether oxygens (including phenoxy) is 1. The summed E-state index contributed by atoms with van der Waals surface area (Å²) in [6.07, 6.45) is 6.56. The number of rotatable bonds is 2. The molecule has 1 saturated heterocycles. The minimum absolute atomic E-state index is 0.0470. The Balaban J connectivity index is 1.95. The van der Waals surface area contributed by atoms with Crippen LogP contribution in [0, 0.1) is 12.3 Å². The van der Waals surface area contributed by atoms with Crippen LogP contribution in [0.15, 0.2) is 24.3 Å². The Hall–Kier alpha value is -2.48. The number of likely N-dealkylation sites (tertiary alicyclic amines) is 1. The van der Waals surface area contributed by atoms with Crippen LogP contribution in [0.3, 0.4) is 0 Å². The van der Waals surface area contributed by atoms with Gasteiger partial charge in [0, 0.05) is 30.3 Å². The summed E-state index contributed by atoms with van der Waals surface area (Å²) in [5.41, 5.74) is 0.814. The molecule has 1 aliphatic heterocycles. The highest BCUT2D eigenvalue weighted by molar-refractivity contribution is 5.94. The van der Waals surface area contributed by atoms with Crippen LogP contribution >= 0.6 is 0 Å². The van der Waals surface area contributed by atoms with Crippen LogP contribution in [-0.2, 0) is 4.74 Å². The average Bonchev–Trinajstić information content (AvgIpc) is 2.52. The number of hydrogen-bond donors (Lipinski definition) is 1. The molecule has 5 heteroatoms. The molecule has 1 heterocycles. The van der Waals surface area contributed by atoms with Crippen LogP contribution in [0.4, 0.5) is 4.79 Å². The number of benzene rings is 1. The molecule has 0 aliphatic carbocycles. The Morgan fingerprint density at radius 3 is 2.54 bits per heavy atom. The van der Waals surface area contributed by atoms with Crippen LogP contribution < -0.4 is 5.32 Å². The Bertz CT molecular complexity index is 638. The number of hydrogen-bond acceptors (Lipinski definition) is 3. The molecule has 0 bridgehead atoms. The second kappa shape index (κ2) is 7.39. The number of amides is 2. The second-order valence-corrected chi connectivity index (χ2v) is 6.96. The van der Waals surface area contributed by atoms with Gasteiger partial charge >= 0.3 is 6.09 Å². The Morgan fingerprint density at radius 2 is 1.96 bits per heavy atom. The third-order valence-electron chi connectivity index (χ3n) is 3.73. The van der Waals surface area contributed by atoms with Crippen LogP contribution in [0.1, 0.15) is 49.5 Å². The molecular formula is C19H24N2O3. The van der Waals surface area contributed by atoms with Gasteiger partial charge in [0.15, 0.2) is 0 Å². The summed E-state index contributed by atoms with van der Waals surface area (Å²) in [7, 11) is 0. The molecule has 0 radical (unpaired) electrons. The molecule has 0 unspecified atom stereocenters. The maximum atomic E-state index is 12.6. The largest absolute Gasteiger partial charge is 0.444 e. The molecule has 1 N–H and O–H groups in total. The molecule has 0 aromatic heterocycles. The number of carbonyl (C=O) groups is 2. The molecule has 1 atom stereocenters. The lowest BCUT2D eigenvalue weighted by atomic mass is 10.0. The maximum Gasteiger partial charge on any atom is 0.407 e. The summed E-state index contributed by atoms with van der Waals surface area (Å²) >= 11 is 0. The molecule has 24 heavy (non-hydrogen) atoms. The van der Waals surface area contributed by atoms with Gasteiger partial charge in [0.2, 0.25) is 0 Å². The van der Waals surface area contributed by atoms with E-state index in [1.54, 1.807) is 29.2 Å². The highest BCUT2D eigenvalue weighted by Crippen LogP contribution is 2.15. The minimum atomic E-state index is -0.535. The SMILES string of the molecule is C#Cc1ccc(C(=O)N2CCC[C@H](NC(=O)OC(C)(C)C)C2)cc1. The molecule has 1 fully saturated rings. The summed E-state index contributed by atoms with van der Waals surface area (Å²) < 4.78 is 5.27. The quantitative estimate of drug-likeness (QED) is 0.849. The van der Waals surface area contributed by atoms with E-state index >= 15 is 0 Å². The first kappa shape index (κ1) is 17.9. The lowest BCUT2D eigenvalue weighted by Gasteiger charge is -2.33. The third kappa shape index (κ3) is 5.02. The van der Waals surface area contributed by atoms with Crippen molar-refractivity contribution >= 4 is 12.0 Å². The van der Waals surface area contributed by atoms with E-state index < -0.39 is 11.7 Å². The molecule has 0 spiro atoms. The van der Waals surface area contributed by atoms with Gasteiger partial charge in [-0.15, -0.1) is 6.42 Å². The maximum absolute atomic E-state index is 12.6. The van der Waals surface area contributed by atoms with E-state index in [1.165, 1.54) is 0 Å². The first-order valence-electron chi connectivity index (χ1n) is 8.14. The molecule has 0 saturated carbocycles. The van der Waals surface area contributed by atoms with E-state index in [-0.39, 0.29) is 11.9 Å². The predicted molar refractivity (Wildman–Crippen MR) is 92.7 cm³/mol. The average molecular weight is 328 g/mol. The molecular weight excluding hydrogens is 304 g/mol. The lowest BCUT2D eigenvalue weighted by molar-refractivity contribution is 0.0452. The third-order valence-corrected chi connectivity index (χ3v) is 3.73. The summed E-state index contributed by atoms with van der Waals surface area (Å²) in [5, 5.41) is 2.85. The van der Waals surface area contributed by atoms with E-state index in [2.05, 4.69) is 11.2 Å². The van der Waals surface area contributed by atoms with Crippen LogP contribution in [-0.4, -0.2) is 41.6 Å². The summed E-state index contributed by atoms with van der Waals surface area (Å²) in [5.74, 6) is 2.49. The Kier molecular flexibility index (Phi) is 5.50. The predicted octanol–water partition coefficient (Wildman–Crippen LogP) is 2.80. The van der Waals surface area contributed by atoms with Crippen LogP contribution in [0.25, 0.3) is 0 Å². The smallest absolute Gasteiger partial charge is 0.407 e. The van der Waals surface area contributed by atoms with Crippen LogP contribution in [0.5, 0.6) is 0 Å². The normalized spacial score (nSPS) is 17.8. The molecule has 128 valence electrons.